The molecule has 0 aromatic carbocycles. The molecule has 1 atom stereocenters. The van der Waals surface area contributed by atoms with Crippen molar-refractivity contribution in [3.05, 3.63) is 0 Å². The van der Waals surface area contributed by atoms with Crippen LogP contribution in [0.1, 0.15) is 32.6 Å². The van der Waals surface area contributed by atoms with Crippen LogP contribution in [0.25, 0.3) is 0 Å². The van der Waals surface area contributed by atoms with Crippen LogP contribution in [0.2, 0.25) is 0 Å². The van der Waals surface area contributed by atoms with Gasteiger partial charge in [0.2, 0.25) is 5.91 Å². The Bertz CT molecular complexity index is 189. The van der Waals surface area contributed by atoms with Crippen LogP contribution in [-0.2, 0) is 4.79 Å². The Kier molecular flexibility index (Phi) is 2.05. The van der Waals surface area contributed by atoms with Gasteiger partial charge in [-0.3, -0.25) is 10.1 Å². The van der Waals surface area contributed by atoms with Crippen molar-refractivity contribution in [2.24, 2.45) is 0 Å². The molecule has 0 radical (unpaired) electrons. The van der Waals surface area contributed by atoms with Crippen molar-refractivity contribution in [3.63, 3.8) is 0 Å². The van der Waals surface area contributed by atoms with Gasteiger partial charge in [-0.2, -0.15) is 0 Å². The molecule has 2 fully saturated rings. The summed E-state index contributed by atoms with van der Waals surface area (Å²) in [5.74, 6) is 0.321. The molecule has 1 aliphatic heterocycles. The fourth-order valence-corrected chi connectivity index (χ4v) is 1.90. The highest BCUT2D eigenvalue weighted by Crippen LogP contribution is 2.26. The first-order valence-electron chi connectivity index (χ1n) is 4.86. The molecule has 0 aromatic rings. The third-order valence-corrected chi connectivity index (χ3v) is 3.01. The van der Waals surface area contributed by atoms with E-state index in [1.165, 1.54) is 19.3 Å². The minimum Gasteiger partial charge on any atom is -0.326 e. The van der Waals surface area contributed by atoms with Crippen LogP contribution in [0.4, 0.5) is 0 Å². The summed E-state index contributed by atoms with van der Waals surface area (Å²) in [5, 5.41) is 3.23. The Balaban J connectivity index is 1.96. The molecule has 1 amide bonds. The van der Waals surface area contributed by atoms with Crippen molar-refractivity contribution >= 4 is 5.91 Å². The molecule has 0 spiro atoms. The van der Waals surface area contributed by atoms with Crippen molar-refractivity contribution in [1.82, 2.24) is 10.2 Å². The molecular formula is C9H16N2O. The average Bonchev–Trinajstić information content (AvgIpc) is 2.30. The molecule has 2 aliphatic rings. The molecule has 0 aromatic heterocycles. The van der Waals surface area contributed by atoms with E-state index in [0.29, 0.717) is 11.9 Å². The molecule has 1 aliphatic carbocycles. The summed E-state index contributed by atoms with van der Waals surface area (Å²) < 4.78 is 0. The topological polar surface area (TPSA) is 32.3 Å². The normalized spacial score (nSPS) is 30.9. The van der Waals surface area contributed by atoms with Gasteiger partial charge in [-0.1, -0.05) is 6.92 Å². The largest absolute Gasteiger partial charge is 0.326 e. The Hall–Kier alpha value is -0.570. The minimum absolute atomic E-state index is 0.102. The summed E-state index contributed by atoms with van der Waals surface area (Å²) in [7, 11) is 0. The Morgan fingerprint density at radius 1 is 1.58 bits per heavy atom. The molecule has 1 unspecified atom stereocenters. The lowest BCUT2D eigenvalue weighted by atomic mass is 9.91. The number of nitrogens with zero attached hydrogens (tertiary/aromatic N) is 1. The molecule has 3 nitrogen and oxygen atoms in total. The van der Waals surface area contributed by atoms with E-state index in [2.05, 4.69) is 12.2 Å². The lowest BCUT2D eigenvalue weighted by molar-refractivity contribution is -0.132. The van der Waals surface area contributed by atoms with Crippen molar-refractivity contribution in [1.29, 1.82) is 0 Å². The number of nitrogens with one attached hydrogen (secondary N) is 1. The Morgan fingerprint density at radius 2 is 2.33 bits per heavy atom. The molecule has 1 heterocycles. The maximum absolute atomic E-state index is 11.6. The number of carbonyl (C=O) groups is 1. The van der Waals surface area contributed by atoms with E-state index in [1.807, 2.05) is 4.90 Å². The van der Waals surface area contributed by atoms with Gasteiger partial charge in [0.05, 0.1) is 12.7 Å². The summed E-state index contributed by atoms with van der Waals surface area (Å²) in [6, 6.07) is 0.659. The molecule has 12 heavy (non-hydrogen) atoms. The van der Waals surface area contributed by atoms with Crippen molar-refractivity contribution in [3.8, 4) is 0 Å². The van der Waals surface area contributed by atoms with Gasteiger partial charge >= 0.3 is 0 Å². The van der Waals surface area contributed by atoms with E-state index in [1.54, 1.807) is 0 Å². The van der Waals surface area contributed by atoms with Gasteiger partial charge in [-0.05, 0) is 25.7 Å². The van der Waals surface area contributed by atoms with E-state index in [4.69, 9.17) is 0 Å². The van der Waals surface area contributed by atoms with Crippen LogP contribution in [0.15, 0.2) is 0 Å². The average molecular weight is 168 g/mol. The zero-order valence-electron chi connectivity index (χ0n) is 7.55. The van der Waals surface area contributed by atoms with Gasteiger partial charge in [0.15, 0.2) is 0 Å². The van der Waals surface area contributed by atoms with Crippen LogP contribution in [0.3, 0.4) is 0 Å². The third-order valence-electron chi connectivity index (χ3n) is 3.01. The van der Waals surface area contributed by atoms with E-state index in [-0.39, 0.29) is 6.04 Å². The summed E-state index contributed by atoms with van der Waals surface area (Å²) in [6.45, 7) is 2.84. The van der Waals surface area contributed by atoms with Crippen molar-refractivity contribution in [2.75, 3.05) is 6.67 Å². The number of carbonyl (C=O) groups excluding carboxylic acids is 1. The van der Waals surface area contributed by atoms with Gasteiger partial charge < -0.3 is 4.90 Å². The van der Waals surface area contributed by atoms with Crippen LogP contribution in [-0.4, -0.2) is 29.6 Å². The number of rotatable bonds is 2. The highest BCUT2D eigenvalue weighted by molar-refractivity contribution is 5.84. The van der Waals surface area contributed by atoms with Gasteiger partial charge in [-0.25, -0.2) is 0 Å². The van der Waals surface area contributed by atoms with E-state index in [9.17, 15) is 4.79 Å². The highest BCUT2D eigenvalue weighted by atomic mass is 16.2. The number of hydrogen-bond acceptors (Lipinski definition) is 2. The summed E-state index contributed by atoms with van der Waals surface area (Å²) in [5.41, 5.74) is 0. The van der Waals surface area contributed by atoms with Gasteiger partial charge in [-0.15, -0.1) is 0 Å². The molecule has 2 rings (SSSR count). The lowest BCUT2D eigenvalue weighted by Crippen LogP contribution is -2.42. The monoisotopic (exact) mass is 168 g/mol. The zero-order valence-corrected chi connectivity index (χ0v) is 7.55. The Labute approximate surface area is 73.1 Å². The lowest BCUT2D eigenvalue weighted by Gasteiger charge is -2.34. The van der Waals surface area contributed by atoms with Gasteiger partial charge in [0, 0.05) is 6.04 Å². The fraction of sp³-hybridized carbons (Fsp3) is 0.889. The maximum atomic E-state index is 11.6. The van der Waals surface area contributed by atoms with Crippen LogP contribution >= 0.6 is 0 Å². The molecule has 3 heteroatoms. The van der Waals surface area contributed by atoms with Crippen molar-refractivity contribution in [2.45, 2.75) is 44.7 Å². The van der Waals surface area contributed by atoms with Gasteiger partial charge in [0.1, 0.15) is 0 Å². The second kappa shape index (κ2) is 3.05. The zero-order chi connectivity index (χ0) is 8.55. The molecule has 68 valence electrons. The predicted molar refractivity (Wildman–Crippen MR) is 46.6 cm³/mol. The molecule has 1 saturated carbocycles. The van der Waals surface area contributed by atoms with E-state index in [0.717, 1.165) is 13.1 Å². The first-order chi connectivity index (χ1) is 5.83. The predicted octanol–water partition coefficient (Wildman–Crippen LogP) is 0.707. The minimum atomic E-state index is 0.102. The Morgan fingerprint density at radius 3 is 2.75 bits per heavy atom. The van der Waals surface area contributed by atoms with E-state index < -0.39 is 0 Å². The summed E-state index contributed by atoms with van der Waals surface area (Å²) in [6.07, 6.45) is 4.64. The van der Waals surface area contributed by atoms with Gasteiger partial charge in [0.25, 0.3) is 0 Å². The van der Waals surface area contributed by atoms with Crippen LogP contribution in [0, 0.1) is 0 Å². The third kappa shape index (κ3) is 1.12. The maximum Gasteiger partial charge on any atom is 0.241 e. The number of hydrogen-bond donors (Lipinski definition) is 1. The first kappa shape index (κ1) is 8.05. The second-order valence-electron chi connectivity index (χ2n) is 3.72. The smallest absolute Gasteiger partial charge is 0.241 e. The van der Waals surface area contributed by atoms with E-state index >= 15 is 0 Å². The first-order valence-corrected chi connectivity index (χ1v) is 4.86. The number of amides is 1. The molecular weight excluding hydrogens is 152 g/mol. The molecule has 1 N–H and O–H groups in total. The second-order valence-corrected chi connectivity index (χ2v) is 3.72. The summed E-state index contributed by atoms with van der Waals surface area (Å²) in [4.78, 5) is 13.6. The standard InChI is InChI=1S/C9H16N2O/c1-2-8-9(12)11(6-10-8)7-4-3-5-7/h7-8,10H,2-6H2,1H3. The quantitative estimate of drug-likeness (QED) is 0.658. The molecule has 1 saturated heterocycles. The highest BCUT2D eigenvalue weighted by Gasteiger charge is 2.36. The van der Waals surface area contributed by atoms with Crippen LogP contribution < -0.4 is 5.32 Å². The van der Waals surface area contributed by atoms with Crippen LogP contribution in [0.5, 0.6) is 0 Å². The van der Waals surface area contributed by atoms with Crippen molar-refractivity contribution < 1.29 is 4.79 Å². The summed E-state index contributed by atoms with van der Waals surface area (Å²) >= 11 is 0. The fourth-order valence-electron chi connectivity index (χ4n) is 1.90. The molecule has 0 bridgehead atoms. The SMILES string of the molecule is CCC1NCN(C2CCC2)C1=O.